The molecule has 0 bridgehead atoms. The number of rotatable bonds is 6. The van der Waals surface area contributed by atoms with Gasteiger partial charge in [-0.1, -0.05) is 54.1 Å². The zero-order chi connectivity index (χ0) is 21.8. The number of nitrogens with one attached hydrogen (secondary N) is 2. The predicted octanol–water partition coefficient (Wildman–Crippen LogP) is 5.53. The molecule has 4 aromatic rings. The lowest BCUT2D eigenvalue weighted by Crippen LogP contribution is -2.23. The minimum absolute atomic E-state index is 0.159. The van der Waals surface area contributed by atoms with Crippen LogP contribution in [0.1, 0.15) is 27.0 Å². The van der Waals surface area contributed by atoms with Crippen LogP contribution in [0.2, 0.25) is 0 Å². The lowest BCUT2D eigenvalue weighted by Gasteiger charge is -2.14. The number of fused-ring (bicyclic) bond motifs is 1. The van der Waals surface area contributed by atoms with E-state index >= 15 is 0 Å². The number of hydrogen-bond acceptors (Lipinski definition) is 4. The van der Waals surface area contributed by atoms with Crippen LogP contribution in [-0.4, -0.2) is 18.0 Å². The zero-order valence-corrected chi connectivity index (χ0v) is 17.9. The van der Waals surface area contributed by atoms with Gasteiger partial charge < -0.3 is 15.4 Å². The van der Waals surface area contributed by atoms with Crippen molar-refractivity contribution in [3.8, 4) is 5.75 Å². The summed E-state index contributed by atoms with van der Waals surface area (Å²) >= 11 is 0. The molecular formula is C26H25N3O2. The van der Waals surface area contributed by atoms with Gasteiger partial charge in [-0.2, -0.15) is 0 Å². The number of anilines is 2. The van der Waals surface area contributed by atoms with Crippen molar-refractivity contribution in [3.05, 3.63) is 95.1 Å². The molecule has 0 aliphatic carbocycles. The lowest BCUT2D eigenvalue weighted by molar-refractivity contribution is 0.0952. The Morgan fingerprint density at radius 2 is 1.74 bits per heavy atom. The lowest BCUT2D eigenvalue weighted by atomic mass is 10.1. The van der Waals surface area contributed by atoms with Crippen LogP contribution in [0.3, 0.4) is 0 Å². The topological polar surface area (TPSA) is 63.2 Å². The summed E-state index contributed by atoms with van der Waals surface area (Å²) in [5.74, 6) is 1.22. The smallest absolute Gasteiger partial charge is 0.252 e. The summed E-state index contributed by atoms with van der Waals surface area (Å²) in [6, 6.07) is 23.3. The summed E-state index contributed by atoms with van der Waals surface area (Å²) < 4.78 is 5.39. The molecule has 0 radical (unpaired) electrons. The molecule has 1 aromatic heterocycles. The highest BCUT2D eigenvalue weighted by Gasteiger charge is 2.14. The van der Waals surface area contributed by atoms with Crippen molar-refractivity contribution >= 4 is 28.3 Å². The predicted molar refractivity (Wildman–Crippen MR) is 125 cm³/mol. The Kier molecular flexibility index (Phi) is 5.85. The first-order valence-corrected chi connectivity index (χ1v) is 10.2. The quantitative estimate of drug-likeness (QED) is 0.438. The second-order valence-corrected chi connectivity index (χ2v) is 7.51. The molecule has 0 aliphatic rings. The Morgan fingerprint density at radius 1 is 0.968 bits per heavy atom. The fourth-order valence-electron chi connectivity index (χ4n) is 3.64. The van der Waals surface area contributed by atoms with Crippen molar-refractivity contribution in [2.75, 3.05) is 12.4 Å². The van der Waals surface area contributed by atoms with Crippen LogP contribution < -0.4 is 15.4 Å². The molecule has 2 N–H and O–H groups in total. The van der Waals surface area contributed by atoms with E-state index in [1.54, 1.807) is 13.2 Å². The second-order valence-electron chi connectivity index (χ2n) is 7.51. The minimum Gasteiger partial charge on any atom is -0.496 e. The molecular weight excluding hydrogens is 386 g/mol. The Hall–Kier alpha value is -3.86. The molecule has 0 saturated heterocycles. The summed E-state index contributed by atoms with van der Waals surface area (Å²) in [7, 11) is 1.63. The molecule has 0 atom stereocenters. The summed E-state index contributed by atoms with van der Waals surface area (Å²) in [6.07, 6.45) is 0. The van der Waals surface area contributed by atoms with E-state index in [4.69, 9.17) is 9.72 Å². The number of para-hydroxylation sites is 2. The summed E-state index contributed by atoms with van der Waals surface area (Å²) in [4.78, 5) is 17.9. The number of pyridine rings is 1. The van der Waals surface area contributed by atoms with Crippen molar-refractivity contribution in [2.45, 2.75) is 20.4 Å². The second kappa shape index (κ2) is 8.88. The highest BCUT2D eigenvalue weighted by Crippen LogP contribution is 2.25. The summed E-state index contributed by atoms with van der Waals surface area (Å²) in [5.41, 5.74) is 5.55. The molecule has 0 aliphatic heterocycles. The molecule has 0 saturated carbocycles. The average molecular weight is 412 g/mol. The molecule has 5 heteroatoms. The van der Waals surface area contributed by atoms with Crippen LogP contribution in [0.5, 0.6) is 5.75 Å². The molecule has 4 rings (SSSR count). The monoisotopic (exact) mass is 411 g/mol. The van der Waals surface area contributed by atoms with E-state index in [-0.39, 0.29) is 5.91 Å². The minimum atomic E-state index is -0.159. The number of carbonyl (C=O) groups excluding carboxylic acids is 1. The molecule has 0 fully saturated rings. The zero-order valence-electron chi connectivity index (χ0n) is 17.9. The van der Waals surface area contributed by atoms with E-state index in [9.17, 15) is 4.79 Å². The molecule has 0 spiro atoms. The fraction of sp³-hybridized carbons (Fsp3) is 0.154. The van der Waals surface area contributed by atoms with Gasteiger partial charge in [-0.25, -0.2) is 4.98 Å². The van der Waals surface area contributed by atoms with E-state index in [1.807, 2.05) is 54.6 Å². The van der Waals surface area contributed by atoms with Gasteiger partial charge in [-0.15, -0.1) is 0 Å². The molecule has 1 heterocycles. The van der Waals surface area contributed by atoms with E-state index < -0.39 is 0 Å². The number of aromatic nitrogens is 1. The first kappa shape index (κ1) is 20.4. The number of hydrogen-bond donors (Lipinski definition) is 2. The third-order valence-corrected chi connectivity index (χ3v) is 5.24. The van der Waals surface area contributed by atoms with Crippen LogP contribution in [-0.2, 0) is 6.54 Å². The largest absolute Gasteiger partial charge is 0.496 e. The van der Waals surface area contributed by atoms with Gasteiger partial charge >= 0.3 is 0 Å². The number of aryl methyl sites for hydroxylation is 2. The van der Waals surface area contributed by atoms with E-state index in [1.165, 1.54) is 5.56 Å². The average Bonchev–Trinajstić information content (AvgIpc) is 2.79. The van der Waals surface area contributed by atoms with Crippen molar-refractivity contribution < 1.29 is 9.53 Å². The van der Waals surface area contributed by atoms with Gasteiger partial charge in [-0.05, 0) is 43.7 Å². The Bertz CT molecular complexity index is 1250. The normalized spacial score (nSPS) is 10.7. The van der Waals surface area contributed by atoms with Crippen LogP contribution in [0.4, 0.5) is 11.5 Å². The Balaban J connectivity index is 1.65. The highest BCUT2D eigenvalue weighted by molar-refractivity contribution is 6.07. The number of ether oxygens (including phenoxy) is 1. The van der Waals surface area contributed by atoms with E-state index in [0.717, 1.165) is 33.5 Å². The summed E-state index contributed by atoms with van der Waals surface area (Å²) in [5, 5.41) is 7.20. The number of methoxy groups -OCH3 is 1. The maximum Gasteiger partial charge on any atom is 0.252 e. The molecule has 1 amide bonds. The van der Waals surface area contributed by atoms with Gasteiger partial charge in [0.15, 0.2) is 0 Å². The molecule has 3 aromatic carbocycles. The standard InChI is InChI=1S/C26H25N3O2/c1-17-12-13-22(18(2)14-17)28-25-15-21(20-9-5-6-10-23(20)29-25)26(30)27-16-19-8-4-7-11-24(19)31-3/h4-15H,16H2,1-3H3,(H,27,30)(H,28,29). The van der Waals surface area contributed by atoms with E-state index in [0.29, 0.717) is 17.9 Å². The van der Waals surface area contributed by atoms with E-state index in [2.05, 4.69) is 36.6 Å². The van der Waals surface area contributed by atoms with Crippen LogP contribution in [0, 0.1) is 13.8 Å². The van der Waals surface area contributed by atoms with Gasteiger partial charge in [0, 0.05) is 23.2 Å². The third kappa shape index (κ3) is 4.51. The molecule has 31 heavy (non-hydrogen) atoms. The molecule has 5 nitrogen and oxygen atoms in total. The van der Waals surface area contributed by atoms with Crippen LogP contribution in [0.25, 0.3) is 10.9 Å². The van der Waals surface area contributed by atoms with Crippen molar-refractivity contribution in [1.82, 2.24) is 10.3 Å². The first-order chi connectivity index (χ1) is 15.0. The van der Waals surface area contributed by atoms with Crippen molar-refractivity contribution in [1.29, 1.82) is 0 Å². The maximum absolute atomic E-state index is 13.1. The van der Waals surface area contributed by atoms with Crippen LogP contribution >= 0.6 is 0 Å². The van der Waals surface area contributed by atoms with Crippen molar-refractivity contribution in [3.63, 3.8) is 0 Å². The van der Waals surface area contributed by atoms with Gasteiger partial charge in [-0.3, -0.25) is 4.79 Å². The number of amides is 1. The van der Waals surface area contributed by atoms with Gasteiger partial charge in [0.1, 0.15) is 11.6 Å². The van der Waals surface area contributed by atoms with Crippen LogP contribution in [0.15, 0.2) is 72.8 Å². The molecule has 0 unspecified atom stereocenters. The highest BCUT2D eigenvalue weighted by atomic mass is 16.5. The Labute approximate surface area is 182 Å². The summed E-state index contributed by atoms with van der Waals surface area (Å²) in [6.45, 7) is 4.49. The molecule has 156 valence electrons. The SMILES string of the molecule is COc1ccccc1CNC(=O)c1cc(Nc2ccc(C)cc2C)nc2ccccc12. The van der Waals surface area contributed by atoms with Gasteiger partial charge in [0.2, 0.25) is 0 Å². The number of carbonyl (C=O) groups is 1. The fourth-order valence-corrected chi connectivity index (χ4v) is 3.64. The first-order valence-electron chi connectivity index (χ1n) is 10.2. The van der Waals surface area contributed by atoms with Gasteiger partial charge in [0.05, 0.1) is 18.2 Å². The number of nitrogens with zero attached hydrogens (tertiary/aromatic N) is 1. The third-order valence-electron chi connectivity index (χ3n) is 5.24. The van der Waals surface area contributed by atoms with Gasteiger partial charge in [0.25, 0.3) is 5.91 Å². The van der Waals surface area contributed by atoms with Crippen molar-refractivity contribution in [2.24, 2.45) is 0 Å². The maximum atomic E-state index is 13.1. The Morgan fingerprint density at radius 3 is 2.55 bits per heavy atom. The number of benzene rings is 3.